The Morgan fingerprint density at radius 1 is 1.11 bits per heavy atom. The quantitative estimate of drug-likeness (QED) is 0.509. The van der Waals surface area contributed by atoms with Crippen LogP contribution in [0.1, 0.15) is 41.8 Å². The lowest BCUT2D eigenvalue weighted by atomic mass is 9.97. The maximum absolute atomic E-state index is 12.0. The molecule has 5 heteroatoms. The smallest absolute Gasteiger partial charge is 0.338 e. The lowest BCUT2D eigenvalue weighted by Crippen LogP contribution is -2.33. The largest absolute Gasteiger partial charge is 0.462 e. The van der Waals surface area contributed by atoms with E-state index in [0.717, 1.165) is 30.6 Å². The molecule has 144 valence electrons. The van der Waals surface area contributed by atoms with E-state index in [9.17, 15) is 4.79 Å². The first-order chi connectivity index (χ1) is 13.0. The standard InChI is InChI=1S/C22H28N2O2S/c1-4-17(14-18-10-7-6-8-11-18)15-23-22(27)24-20-13-9-12-19(16(20)3)21(25)26-5-2/h6-13,17H,4-5,14-15H2,1-3H3,(H2,23,24,27)/t17-/m0/s1. The van der Waals surface area contributed by atoms with Gasteiger partial charge >= 0.3 is 5.97 Å². The molecule has 0 heterocycles. The number of hydrogen-bond acceptors (Lipinski definition) is 3. The van der Waals surface area contributed by atoms with Gasteiger partial charge in [0.05, 0.1) is 12.2 Å². The van der Waals surface area contributed by atoms with Crippen molar-refractivity contribution in [3.05, 3.63) is 65.2 Å². The highest BCUT2D eigenvalue weighted by Gasteiger charge is 2.14. The first-order valence-corrected chi connectivity index (χ1v) is 9.81. The van der Waals surface area contributed by atoms with E-state index >= 15 is 0 Å². The Hall–Kier alpha value is -2.40. The summed E-state index contributed by atoms with van der Waals surface area (Å²) in [6.45, 7) is 7.04. The molecule has 0 fully saturated rings. The number of anilines is 1. The van der Waals surface area contributed by atoms with E-state index in [-0.39, 0.29) is 5.97 Å². The summed E-state index contributed by atoms with van der Waals surface area (Å²) in [7, 11) is 0. The van der Waals surface area contributed by atoms with Crippen molar-refractivity contribution in [2.75, 3.05) is 18.5 Å². The van der Waals surface area contributed by atoms with E-state index in [2.05, 4.69) is 41.8 Å². The van der Waals surface area contributed by atoms with Crippen molar-refractivity contribution in [1.29, 1.82) is 0 Å². The minimum Gasteiger partial charge on any atom is -0.462 e. The fraction of sp³-hybridized carbons (Fsp3) is 0.364. The Morgan fingerprint density at radius 2 is 1.85 bits per heavy atom. The van der Waals surface area contributed by atoms with Crippen molar-refractivity contribution in [3.8, 4) is 0 Å². The zero-order valence-electron chi connectivity index (χ0n) is 16.2. The monoisotopic (exact) mass is 384 g/mol. The Bertz CT molecular complexity index is 762. The van der Waals surface area contributed by atoms with Gasteiger partial charge in [-0.2, -0.15) is 0 Å². The van der Waals surface area contributed by atoms with Gasteiger partial charge < -0.3 is 15.4 Å². The van der Waals surface area contributed by atoms with Crippen LogP contribution in [0.4, 0.5) is 5.69 Å². The number of carbonyl (C=O) groups excluding carboxylic acids is 1. The molecule has 0 radical (unpaired) electrons. The highest BCUT2D eigenvalue weighted by Crippen LogP contribution is 2.20. The summed E-state index contributed by atoms with van der Waals surface area (Å²) in [6.07, 6.45) is 2.09. The van der Waals surface area contributed by atoms with Crippen LogP contribution in [0.5, 0.6) is 0 Å². The predicted molar refractivity (Wildman–Crippen MR) is 115 cm³/mol. The number of thiocarbonyl (C=S) groups is 1. The normalized spacial score (nSPS) is 11.5. The van der Waals surface area contributed by atoms with Crippen LogP contribution in [0.15, 0.2) is 48.5 Å². The van der Waals surface area contributed by atoms with Crippen molar-refractivity contribution in [2.45, 2.75) is 33.6 Å². The summed E-state index contributed by atoms with van der Waals surface area (Å²) in [4.78, 5) is 12.0. The van der Waals surface area contributed by atoms with Gasteiger partial charge in [0.1, 0.15) is 0 Å². The van der Waals surface area contributed by atoms with Crippen LogP contribution in [-0.2, 0) is 11.2 Å². The third-order valence-corrected chi connectivity index (χ3v) is 4.82. The zero-order chi connectivity index (χ0) is 19.6. The van der Waals surface area contributed by atoms with Crippen LogP contribution >= 0.6 is 12.2 Å². The molecule has 27 heavy (non-hydrogen) atoms. The molecule has 0 bridgehead atoms. The average molecular weight is 385 g/mol. The van der Waals surface area contributed by atoms with Gasteiger partial charge in [0.25, 0.3) is 0 Å². The van der Waals surface area contributed by atoms with Crippen molar-refractivity contribution in [3.63, 3.8) is 0 Å². The molecule has 0 amide bonds. The minimum atomic E-state index is -0.313. The fourth-order valence-electron chi connectivity index (χ4n) is 2.91. The van der Waals surface area contributed by atoms with Crippen molar-refractivity contribution in [1.82, 2.24) is 5.32 Å². The average Bonchev–Trinajstić information content (AvgIpc) is 2.67. The van der Waals surface area contributed by atoms with Crippen molar-refractivity contribution < 1.29 is 9.53 Å². The van der Waals surface area contributed by atoms with E-state index < -0.39 is 0 Å². The molecule has 0 aliphatic rings. The zero-order valence-corrected chi connectivity index (χ0v) is 17.1. The second-order valence-electron chi connectivity index (χ2n) is 6.50. The molecule has 1 atom stereocenters. The Morgan fingerprint density at radius 3 is 2.52 bits per heavy atom. The topological polar surface area (TPSA) is 50.4 Å². The molecule has 2 aromatic carbocycles. The summed E-state index contributed by atoms with van der Waals surface area (Å²) in [5.41, 5.74) is 3.54. The summed E-state index contributed by atoms with van der Waals surface area (Å²) in [6, 6.07) is 16.0. The minimum absolute atomic E-state index is 0.313. The molecule has 0 aromatic heterocycles. The third kappa shape index (κ3) is 6.36. The Kier molecular flexibility index (Phi) is 8.27. The second kappa shape index (κ2) is 10.7. The van der Waals surface area contributed by atoms with Crippen LogP contribution in [0.2, 0.25) is 0 Å². The molecule has 0 unspecified atom stereocenters. The van der Waals surface area contributed by atoms with Crippen molar-refractivity contribution >= 4 is 29.0 Å². The molecule has 0 aliphatic carbocycles. The van der Waals surface area contributed by atoms with Gasteiger partial charge in [0.2, 0.25) is 0 Å². The predicted octanol–water partition coefficient (Wildman–Crippen LogP) is 4.73. The third-order valence-electron chi connectivity index (χ3n) is 4.57. The van der Waals surface area contributed by atoms with E-state index in [1.807, 2.05) is 25.1 Å². The molecule has 4 nitrogen and oxygen atoms in total. The van der Waals surface area contributed by atoms with E-state index in [1.54, 1.807) is 13.0 Å². The molecule has 2 aromatic rings. The maximum atomic E-state index is 12.0. The van der Waals surface area contributed by atoms with Gasteiger partial charge in [0.15, 0.2) is 5.11 Å². The molecular weight excluding hydrogens is 356 g/mol. The summed E-state index contributed by atoms with van der Waals surface area (Å²) in [5, 5.41) is 7.07. The molecule has 0 spiro atoms. The number of hydrogen-bond donors (Lipinski definition) is 2. The maximum Gasteiger partial charge on any atom is 0.338 e. The van der Waals surface area contributed by atoms with Gasteiger partial charge in [-0.25, -0.2) is 4.79 Å². The van der Waals surface area contributed by atoms with Gasteiger partial charge in [-0.3, -0.25) is 0 Å². The first kappa shape index (κ1) is 20.9. The number of esters is 1. The lowest BCUT2D eigenvalue weighted by molar-refractivity contribution is 0.0525. The first-order valence-electron chi connectivity index (χ1n) is 9.40. The fourth-order valence-corrected chi connectivity index (χ4v) is 3.11. The van der Waals surface area contributed by atoms with Crippen LogP contribution in [0, 0.1) is 12.8 Å². The number of ether oxygens (including phenoxy) is 1. The number of carbonyl (C=O) groups is 1. The van der Waals surface area contributed by atoms with E-state index in [1.165, 1.54) is 5.56 Å². The SMILES string of the molecule is CCOC(=O)c1cccc(NC(=S)NC[C@@H](CC)Cc2ccccc2)c1C. The summed E-state index contributed by atoms with van der Waals surface area (Å²) < 4.78 is 5.10. The molecule has 2 N–H and O–H groups in total. The number of benzene rings is 2. The molecule has 0 aliphatic heterocycles. The number of nitrogens with one attached hydrogen (secondary N) is 2. The molecule has 0 saturated heterocycles. The van der Waals surface area contributed by atoms with Gasteiger partial charge in [-0.15, -0.1) is 0 Å². The van der Waals surface area contributed by atoms with E-state index in [4.69, 9.17) is 17.0 Å². The highest BCUT2D eigenvalue weighted by molar-refractivity contribution is 7.80. The lowest BCUT2D eigenvalue weighted by Gasteiger charge is -2.19. The summed E-state index contributed by atoms with van der Waals surface area (Å²) >= 11 is 5.45. The van der Waals surface area contributed by atoms with Gasteiger partial charge in [-0.05, 0) is 61.7 Å². The van der Waals surface area contributed by atoms with E-state index in [0.29, 0.717) is 23.2 Å². The Balaban J connectivity index is 1.93. The molecular formula is C22H28N2O2S. The van der Waals surface area contributed by atoms with Crippen LogP contribution in [0.25, 0.3) is 0 Å². The van der Waals surface area contributed by atoms with Crippen LogP contribution in [-0.4, -0.2) is 24.2 Å². The summed E-state index contributed by atoms with van der Waals surface area (Å²) in [5.74, 6) is 0.186. The van der Waals surface area contributed by atoms with Gasteiger partial charge in [-0.1, -0.05) is 49.7 Å². The molecule has 2 rings (SSSR count). The number of rotatable bonds is 8. The van der Waals surface area contributed by atoms with Gasteiger partial charge in [0, 0.05) is 12.2 Å². The Labute approximate surface area is 167 Å². The van der Waals surface area contributed by atoms with Crippen LogP contribution in [0.3, 0.4) is 0 Å². The second-order valence-corrected chi connectivity index (χ2v) is 6.91. The van der Waals surface area contributed by atoms with Crippen LogP contribution < -0.4 is 10.6 Å². The molecule has 0 saturated carbocycles. The van der Waals surface area contributed by atoms with Crippen molar-refractivity contribution in [2.24, 2.45) is 5.92 Å². The highest BCUT2D eigenvalue weighted by atomic mass is 32.1.